The topological polar surface area (TPSA) is 58.2 Å². The second kappa shape index (κ2) is 8.29. The summed E-state index contributed by atoms with van der Waals surface area (Å²) in [6.07, 6.45) is 2.41. The van der Waals surface area contributed by atoms with E-state index in [1.165, 1.54) is 6.07 Å². The first-order valence-electron chi connectivity index (χ1n) is 9.06. The monoisotopic (exact) mass is 372 g/mol. The van der Waals surface area contributed by atoms with E-state index in [9.17, 15) is 18.4 Å². The van der Waals surface area contributed by atoms with Crippen molar-refractivity contribution in [3.8, 4) is 0 Å². The number of benzene rings is 2. The van der Waals surface area contributed by atoms with Gasteiger partial charge in [-0.15, -0.1) is 0 Å². The molecule has 0 aromatic heterocycles. The number of aryl methyl sites for hydroxylation is 1. The van der Waals surface area contributed by atoms with Crippen LogP contribution >= 0.6 is 0 Å². The van der Waals surface area contributed by atoms with Crippen molar-refractivity contribution in [2.24, 2.45) is 11.8 Å². The lowest BCUT2D eigenvalue weighted by atomic mass is 9.81. The third-order valence-electron chi connectivity index (χ3n) is 4.98. The summed E-state index contributed by atoms with van der Waals surface area (Å²) < 4.78 is 26.2. The highest BCUT2D eigenvalue weighted by atomic mass is 19.2. The second-order valence-corrected chi connectivity index (χ2v) is 7.02. The van der Waals surface area contributed by atoms with Crippen LogP contribution in [0.5, 0.6) is 0 Å². The maximum atomic E-state index is 13.2. The van der Waals surface area contributed by atoms with E-state index in [0.29, 0.717) is 25.7 Å². The van der Waals surface area contributed by atoms with Crippen LogP contribution in [0.15, 0.2) is 42.5 Å². The molecule has 0 aliphatic heterocycles. The molecule has 0 spiro atoms. The first-order valence-corrected chi connectivity index (χ1v) is 9.06. The van der Waals surface area contributed by atoms with Crippen LogP contribution in [0.3, 0.4) is 0 Å². The molecule has 27 heavy (non-hydrogen) atoms. The van der Waals surface area contributed by atoms with Crippen LogP contribution in [0, 0.1) is 30.4 Å². The van der Waals surface area contributed by atoms with E-state index in [1.54, 1.807) is 0 Å². The fraction of sp³-hybridized carbons (Fsp3) is 0.333. The molecule has 1 saturated carbocycles. The molecule has 0 heterocycles. The Hall–Kier alpha value is -2.76. The molecule has 1 aliphatic rings. The van der Waals surface area contributed by atoms with Gasteiger partial charge in [-0.3, -0.25) is 9.59 Å². The average Bonchev–Trinajstić information content (AvgIpc) is 2.66. The number of amides is 2. The van der Waals surface area contributed by atoms with Crippen LogP contribution in [0.4, 0.5) is 20.2 Å². The Morgan fingerprint density at radius 1 is 0.778 bits per heavy atom. The van der Waals surface area contributed by atoms with E-state index in [1.807, 2.05) is 31.2 Å². The van der Waals surface area contributed by atoms with Crippen molar-refractivity contribution in [1.29, 1.82) is 0 Å². The summed E-state index contributed by atoms with van der Waals surface area (Å²) in [5, 5.41) is 5.54. The largest absolute Gasteiger partial charge is 0.326 e. The molecule has 0 bridgehead atoms. The molecule has 6 heteroatoms. The smallest absolute Gasteiger partial charge is 0.227 e. The first kappa shape index (κ1) is 19.0. The number of halogens is 2. The highest BCUT2D eigenvalue weighted by Gasteiger charge is 2.30. The van der Waals surface area contributed by atoms with Crippen molar-refractivity contribution in [2.45, 2.75) is 32.6 Å². The Morgan fingerprint density at radius 2 is 1.26 bits per heavy atom. The Balaban J connectivity index is 1.50. The zero-order valence-electron chi connectivity index (χ0n) is 15.1. The van der Waals surface area contributed by atoms with Gasteiger partial charge in [0.1, 0.15) is 0 Å². The van der Waals surface area contributed by atoms with Crippen LogP contribution < -0.4 is 10.6 Å². The number of hydrogen-bond donors (Lipinski definition) is 2. The lowest BCUT2D eigenvalue weighted by molar-refractivity contribution is -0.125. The molecule has 2 amide bonds. The zero-order chi connectivity index (χ0) is 19.4. The zero-order valence-corrected chi connectivity index (χ0v) is 15.1. The van der Waals surface area contributed by atoms with Crippen LogP contribution in [0.2, 0.25) is 0 Å². The highest BCUT2D eigenvalue weighted by Crippen LogP contribution is 2.30. The number of nitrogens with one attached hydrogen (secondary N) is 2. The van der Waals surface area contributed by atoms with Crippen LogP contribution in [-0.4, -0.2) is 11.8 Å². The van der Waals surface area contributed by atoms with Crippen molar-refractivity contribution in [3.05, 3.63) is 59.7 Å². The molecule has 2 N–H and O–H groups in total. The predicted octanol–water partition coefficient (Wildman–Crippen LogP) is 4.66. The van der Waals surface area contributed by atoms with Crippen LogP contribution in [-0.2, 0) is 9.59 Å². The summed E-state index contributed by atoms with van der Waals surface area (Å²) in [7, 11) is 0. The minimum atomic E-state index is -0.996. The van der Waals surface area contributed by atoms with Crippen molar-refractivity contribution >= 4 is 23.2 Å². The van der Waals surface area contributed by atoms with Crippen molar-refractivity contribution in [3.63, 3.8) is 0 Å². The number of carbonyl (C=O) groups excluding carboxylic acids is 2. The standard InChI is InChI=1S/C21H22F2N2O2/c1-13-2-8-16(9-3-13)24-20(26)14-4-6-15(7-5-14)21(27)25-17-10-11-18(22)19(23)12-17/h2-3,8-12,14-15H,4-7H2,1H3,(H,24,26)(H,25,27). The van der Waals surface area contributed by atoms with Gasteiger partial charge in [0.2, 0.25) is 11.8 Å². The molecule has 0 atom stereocenters. The lowest BCUT2D eigenvalue weighted by Gasteiger charge is -2.27. The van der Waals surface area contributed by atoms with E-state index in [4.69, 9.17) is 0 Å². The Kier molecular flexibility index (Phi) is 5.84. The van der Waals surface area contributed by atoms with E-state index >= 15 is 0 Å². The lowest BCUT2D eigenvalue weighted by Crippen LogP contribution is -2.32. The molecule has 1 aliphatic carbocycles. The fourth-order valence-corrected chi connectivity index (χ4v) is 3.32. The minimum Gasteiger partial charge on any atom is -0.326 e. The summed E-state index contributed by atoms with van der Waals surface area (Å²) in [6.45, 7) is 1.98. The molecule has 1 fully saturated rings. The van der Waals surface area contributed by atoms with Gasteiger partial charge in [-0.25, -0.2) is 8.78 Å². The maximum absolute atomic E-state index is 13.2. The summed E-state index contributed by atoms with van der Waals surface area (Å²) in [4.78, 5) is 24.7. The van der Waals surface area contributed by atoms with Crippen LogP contribution in [0.25, 0.3) is 0 Å². The van der Waals surface area contributed by atoms with Gasteiger partial charge in [-0.1, -0.05) is 17.7 Å². The van der Waals surface area contributed by atoms with Crippen LogP contribution in [0.1, 0.15) is 31.2 Å². The van der Waals surface area contributed by atoms with E-state index < -0.39 is 11.6 Å². The summed E-state index contributed by atoms with van der Waals surface area (Å²) >= 11 is 0. The van der Waals surface area contributed by atoms with Gasteiger partial charge in [0.15, 0.2) is 11.6 Å². The number of hydrogen-bond acceptors (Lipinski definition) is 2. The molecule has 2 aromatic rings. The highest BCUT2D eigenvalue weighted by molar-refractivity contribution is 5.94. The number of anilines is 2. The Labute approximate surface area is 157 Å². The molecule has 4 nitrogen and oxygen atoms in total. The predicted molar refractivity (Wildman–Crippen MR) is 100 cm³/mol. The van der Waals surface area contributed by atoms with E-state index in [2.05, 4.69) is 10.6 Å². The minimum absolute atomic E-state index is 0.0293. The third-order valence-corrected chi connectivity index (χ3v) is 4.98. The Bertz CT molecular complexity index is 829. The first-order chi connectivity index (χ1) is 12.9. The second-order valence-electron chi connectivity index (χ2n) is 7.02. The molecule has 0 radical (unpaired) electrons. The van der Waals surface area contributed by atoms with Gasteiger partial charge in [-0.05, 0) is 56.9 Å². The molecule has 2 aromatic carbocycles. The summed E-state index contributed by atoms with van der Waals surface area (Å²) in [6, 6.07) is 10.9. The quantitative estimate of drug-likeness (QED) is 0.820. The third kappa shape index (κ3) is 4.90. The number of carbonyl (C=O) groups is 2. The molecule has 142 valence electrons. The Morgan fingerprint density at radius 3 is 1.78 bits per heavy atom. The van der Waals surface area contributed by atoms with Crippen molar-refractivity contribution in [2.75, 3.05) is 10.6 Å². The van der Waals surface area contributed by atoms with Gasteiger partial charge in [-0.2, -0.15) is 0 Å². The van der Waals surface area contributed by atoms with Crippen molar-refractivity contribution in [1.82, 2.24) is 0 Å². The van der Waals surface area contributed by atoms with Crippen molar-refractivity contribution < 1.29 is 18.4 Å². The molecule has 3 rings (SSSR count). The molecule has 0 unspecified atom stereocenters. The molecular weight excluding hydrogens is 350 g/mol. The summed E-state index contributed by atoms with van der Waals surface area (Å²) in [5.74, 6) is -2.56. The normalized spacial score (nSPS) is 19.4. The van der Waals surface area contributed by atoms with E-state index in [-0.39, 0.29) is 29.3 Å². The fourth-order valence-electron chi connectivity index (χ4n) is 3.32. The van der Waals surface area contributed by atoms with Gasteiger partial charge < -0.3 is 10.6 Å². The SMILES string of the molecule is Cc1ccc(NC(=O)C2CCC(C(=O)Nc3ccc(F)c(F)c3)CC2)cc1. The van der Waals surface area contributed by atoms with Gasteiger partial charge >= 0.3 is 0 Å². The van der Waals surface area contributed by atoms with Gasteiger partial charge in [0.05, 0.1) is 0 Å². The molecule has 0 saturated heterocycles. The number of rotatable bonds is 4. The summed E-state index contributed by atoms with van der Waals surface area (Å²) in [5.41, 5.74) is 2.13. The maximum Gasteiger partial charge on any atom is 0.227 e. The van der Waals surface area contributed by atoms with E-state index in [0.717, 1.165) is 23.4 Å². The molecular formula is C21H22F2N2O2. The van der Waals surface area contributed by atoms with Gasteiger partial charge in [0, 0.05) is 29.3 Å². The van der Waals surface area contributed by atoms with Gasteiger partial charge in [0.25, 0.3) is 0 Å². The average molecular weight is 372 g/mol.